The van der Waals surface area contributed by atoms with Crippen LogP contribution in [0.1, 0.15) is 18.1 Å². The third-order valence-corrected chi connectivity index (χ3v) is 2.19. The third-order valence-electron chi connectivity index (χ3n) is 1.85. The minimum atomic E-state index is -1.40. The molecule has 0 aliphatic heterocycles. The maximum Gasteiger partial charge on any atom is 0.325 e. The number of halogens is 2. The van der Waals surface area contributed by atoms with Crippen molar-refractivity contribution in [3.8, 4) is 0 Å². The van der Waals surface area contributed by atoms with Crippen LogP contribution in [0.4, 0.5) is 4.39 Å². The minimum Gasteiger partial charge on any atom is -0.388 e. The van der Waals surface area contributed by atoms with Gasteiger partial charge in [-0.2, -0.15) is 0 Å². The second-order valence-electron chi connectivity index (χ2n) is 3.03. The first-order chi connectivity index (χ1) is 7.04. The van der Waals surface area contributed by atoms with Gasteiger partial charge in [0.15, 0.2) is 0 Å². The van der Waals surface area contributed by atoms with Gasteiger partial charge < -0.3 is 10.1 Å². The molecule has 1 aromatic rings. The second-order valence-corrected chi connectivity index (χ2v) is 3.34. The maximum atomic E-state index is 12.8. The van der Waals surface area contributed by atoms with E-state index in [1.54, 1.807) is 0 Å². The van der Waals surface area contributed by atoms with Gasteiger partial charge in [0.1, 0.15) is 6.17 Å². The van der Waals surface area contributed by atoms with Crippen LogP contribution in [0.3, 0.4) is 0 Å². The predicted molar refractivity (Wildman–Crippen MR) is 52.9 cm³/mol. The summed E-state index contributed by atoms with van der Waals surface area (Å²) in [6.45, 7) is 0. The highest BCUT2D eigenvalue weighted by Gasteiger charge is 2.17. The first-order valence-corrected chi connectivity index (χ1v) is 4.78. The lowest BCUT2D eigenvalue weighted by Gasteiger charge is -2.10. The Bertz CT molecular complexity index is 430. The van der Waals surface area contributed by atoms with E-state index in [1.807, 2.05) is 4.98 Å². The summed E-state index contributed by atoms with van der Waals surface area (Å²) in [5.41, 5.74) is -1.49. The highest BCUT2D eigenvalue weighted by molar-refractivity contribution is 6.18. The van der Waals surface area contributed by atoms with E-state index >= 15 is 0 Å². The van der Waals surface area contributed by atoms with Gasteiger partial charge in [-0.15, -0.1) is 11.6 Å². The van der Waals surface area contributed by atoms with Crippen molar-refractivity contribution < 1.29 is 9.50 Å². The van der Waals surface area contributed by atoms with Crippen LogP contribution in [0.15, 0.2) is 15.8 Å². The lowest BCUT2D eigenvalue weighted by atomic mass is 10.1. The topological polar surface area (TPSA) is 85.9 Å². The lowest BCUT2D eigenvalue weighted by Crippen LogP contribution is -2.27. The van der Waals surface area contributed by atoms with Crippen molar-refractivity contribution in [2.75, 3.05) is 5.88 Å². The number of hydrogen-bond acceptors (Lipinski definition) is 3. The van der Waals surface area contributed by atoms with Gasteiger partial charge in [-0.1, -0.05) is 0 Å². The summed E-state index contributed by atoms with van der Waals surface area (Å²) >= 11 is 5.22. The Kier molecular flexibility index (Phi) is 4.05. The van der Waals surface area contributed by atoms with E-state index in [0.717, 1.165) is 6.20 Å². The Morgan fingerprint density at radius 1 is 1.53 bits per heavy atom. The van der Waals surface area contributed by atoms with E-state index < -0.39 is 23.5 Å². The molecule has 0 aliphatic carbocycles. The van der Waals surface area contributed by atoms with Gasteiger partial charge in [-0.3, -0.25) is 9.78 Å². The number of aliphatic hydroxyl groups is 1. The smallest absolute Gasteiger partial charge is 0.325 e. The van der Waals surface area contributed by atoms with Crippen molar-refractivity contribution in [3.63, 3.8) is 0 Å². The SMILES string of the molecule is O=c1[nH]cc(C(O)CC(F)CCl)c(=O)[nH]1. The molecular weight excluding hydrogens is 227 g/mol. The zero-order valence-corrected chi connectivity index (χ0v) is 8.42. The second kappa shape index (κ2) is 5.09. The van der Waals surface area contributed by atoms with Crippen molar-refractivity contribution in [1.29, 1.82) is 0 Å². The van der Waals surface area contributed by atoms with E-state index in [4.69, 9.17) is 11.6 Å². The van der Waals surface area contributed by atoms with Crippen LogP contribution in [-0.4, -0.2) is 27.1 Å². The molecule has 1 rings (SSSR count). The number of H-pyrrole nitrogens is 2. The van der Waals surface area contributed by atoms with E-state index in [9.17, 15) is 19.1 Å². The van der Waals surface area contributed by atoms with Crippen LogP contribution < -0.4 is 11.2 Å². The third kappa shape index (κ3) is 3.17. The number of alkyl halides is 2. The monoisotopic (exact) mass is 236 g/mol. The highest BCUT2D eigenvalue weighted by Crippen LogP contribution is 2.16. The van der Waals surface area contributed by atoms with Gasteiger partial charge in [0.05, 0.1) is 17.5 Å². The Balaban J connectivity index is 2.87. The highest BCUT2D eigenvalue weighted by atomic mass is 35.5. The lowest BCUT2D eigenvalue weighted by molar-refractivity contribution is 0.132. The molecular formula is C8H10ClFN2O3. The normalized spacial score (nSPS) is 14.9. The molecule has 5 nitrogen and oxygen atoms in total. The van der Waals surface area contributed by atoms with E-state index in [0.29, 0.717) is 0 Å². The minimum absolute atomic E-state index is 0.0811. The van der Waals surface area contributed by atoms with Crippen molar-refractivity contribution in [2.45, 2.75) is 18.7 Å². The number of nitrogens with one attached hydrogen (secondary N) is 2. The quantitative estimate of drug-likeness (QED) is 0.647. The summed E-state index contributed by atoms with van der Waals surface area (Å²) in [5, 5.41) is 9.45. The first kappa shape index (κ1) is 11.9. The number of aromatic nitrogens is 2. The van der Waals surface area contributed by atoms with Crippen LogP contribution in [0.2, 0.25) is 0 Å². The Morgan fingerprint density at radius 3 is 2.73 bits per heavy atom. The van der Waals surface area contributed by atoms with Gasteiger partial charge in [0.25, 0.3) is 5.56 Å². The summed E-state index contributed by atoms with van der Waals surface area (Å²) in [5.74, 6) is -0.252. The van der Waals surface area contributed by atoms with Crippen LogP contribution in [0.25, 0.3) is 0 Å². The Morgan fingerprint density at radius 2 is 2.20 bits per heavy atom. The average molecular weight is 237 g/mol. The summed E-state index contributed by atoms with van der Waals surface area (Å²) in [6, 6.07) is 0. The maximum absolute atomic E-state index is 12.8. The molecule has 7 heteroatoms. The van der Waals surface area contributed by atoms with Crippen LogP contribution in [0, 0.1) is 0 Å². The molecule has 0 aliphatic rings. The predicted octanol–water partition coefficient (Wildman–Crippen LogP) is 0.0636. The van der Waals surface area contributed by atoms with Gasteiger partial charge in [-0.05, 0) is 0 Å². The summed E-state index contributed by atoms with van der Waals surface area (Å²) in [4.78, 5) is 25.9. The molecule has 2 unspecified atom stereocenters. The largest absolute Gasteiger partial charge is 0.388 e. The number of rotatable bonds is 4. The number of aliphatic hydroxyl groups excluding tert-OH is 1. The van der Waals surface area contributed by atoms with E-state index in [-0.39, 0.29) is 17.9 Å². The van der Waals surface area contributed by atoms with Crippen LogP contribution in [0.5, 0.6) is 0 Å². The Labute approximate surface area is 88.9 Å². The molecule has 0 aromatic carbocycles. The van der Waals surface area contributed by atoms with Crippen molar-refractivity contribution in [1.82, 2.24) is 9.97 Å². The van der Waals surface area contributed by atoms with Crippen molar-refractivity contribution in [3.05, 3.63) is 32.6 Å². The fourth-order valence-electron chi connectivity index (χ4n) is 1.10. The Hall–Kier alpha value is -1.14. The van der Waals surface area contributed by atoms with Crippen molar-refractivity contribution >= 4 is 11.6 Å². The molecule has 0 radical (unpaired) electrons. The summed E-state index contributed by atoms with van der Waals surface area (Å²) in [6.07, 6.45) is -1.89. The van der Waals surface area contributed by atoms with Gasteiger partial charge in [0, 0.05) is 12.6 Å². The number of aromatic amines is 2. The van der Waals surface area contributed by atoms with Crippen LogP contribution >= 0.6 is 11.6 Å². The standard InChI is InChI=1S/C8H10ClFN2O3/c9-2-4(10)1-6(13)5-3-11-8(15)12-7(5)14/h3-4,6,13H,1-2H2,(H2,11,12,14,15). The molecule has 0 amide bonds. The zero-order valence-electron chi connectivity index (χ0n) is 7.67. The van der Waals surface area contributed by atoms with Gasteiger partial charge >= 0.3 is 5.69 Å². The van der Waals surface area contributed by atoms with E-state index in [2.05, 4.69) is 4.98 Å². The fourth-order valence-corrected chi connectivity index (χ4v) is 1.23. The average Bonchev–Trinajstić information content (AvgIpc) is 2.17. The number of hydrogen-bond donors (Lipinski definition) is 3. The summed E-state index contributed by atoms with van der Waals surface area (Å²) in [7, 11) is 0. The molecule has 0 spiro atoms. The molecule has 84 valence electrons. The molecule has 3 N–H and O–H groups in total. The van der Waals surface area contributed by atoms with Gasteiger partial charge in [-0.25, -0.2) is 9.18 Å². The van der Waals surface area contributed by atoms with Gasteiger partial charge in [0.2, 0.25) is 0 Å². The summed E-state index contributed by atoms with van der Waals surface area (Å²) < 4.78 is 12.8. The molecule has 0 saturated carbocycles. The first-order valence-electron chi connectivity index (χ1n) is 4.24. The molecule has 15 heavy (non-hydrogen) atoms. The molecule has 0 saturated heterocycles. The van der Waals surface area contributed by atoms with E-state index in [1.165, 1.54) is 0 Å². The molecule has 1 aromatic heterocycles. The molecule has 1 heterocycles. The van der Waals surface area contributed by atoms with Crippen molar-refractivity contribution in [2.24, 2.45) is 0 Å². The van der Waals surface area contributed by atoms with Crippen LogP contribution in [-0.2, 0) is 0 Å². The zero-order chi connectivity index (χ0) is 11.4. The molecule has 2 atom stereocenters. The molecule has 0 fully saturated rings. The molecule has 0 bridgehead atoms. The fraction of sp³-hybridized carbons (Fsp3) is 0.500.